The predicted molar refractivity (Wildman–Crippen MR) is 86.4 cm³/mol. The maximum absolute atomic E-state index is 4.56. The summed E-state index contributed by atoms with van der Waals surface area (Å²) in [6.45, 7) is 0.727. The van der Waals surface area contributed by atoms with Crippen molar-refractivity contribution < 1.29 is 0 Å². The van der Waals surface area contributed by atoms with Gasteiger partial charge in [-0.2, -0.15) is 10.2 Å². The van der Waals surface area contributed by atoms with Gasteiger partial charge < -0.3 is 0 Å². The summed E-state index contributed by atoms with van der Waals surface area (Å²) in [5.41, 5.74) is 3.05. The summed E-state index contributed by atoms with van der Waals surface area (Å²) in [5.74, 6) is 1.39. The zero-order chi connectivity index (χ0) is 15.5. The van der Waals surface area contributed by atoms with Gasteiger partial charge in [-0.3, -0.25) is 14.8 Å². The molecule has 0 fully saturated rings. The summed E-state index contributed by atoms with van der Waals surface area (Å²) in [6, 6.07) is 13.9. The highest BCUT2D eigenvalue weighted by molar-refractivity contribution is 5.61. The molecule has 4 aromatic rings. The first kappa shape index (κ1) is 13.4. The summed E-state index contributed by atoms with van der Waals surface area (Å²) >= 11 is 0. The smallest absolute Gasteiger partial charge is 0.183 e. The first-order chi connectivity index (χ1) is 11.4. The molecule has 3 heterocycles. The lowest BCUT2D eigenvalue weighted by Gasteiger charge is -2.03. The molecule has 0 spiro atoms. The molecule has 1 N–H and O–H groups in total. The zero-order valence-corrected chi connectivity index (χ0v) is 12.3. The highest BCUT2D eigenvalue weighted by Gasteiger charge is 2.08. The van der Waals surface area contributed by atoms with Crippen molar-refractivity contribution in [1.82, 2.24) is 29.9 Å². The third-order valence-corrected chi connectivity index (χ3v) is 3.51. The maximum Gasteiger partial charge on any atom is 0.183 e. The van der Waals surface area contributed by atoms with E-state index in [1.165, 1.54) is 0 Å². The van der Waals surface area contributed by atoms with Crippen molar-refractivity contribution >= 4 is 0 Å². The van der Waals surface area contributed by atoms with Crippen LogP contribution in [0.2, 0.25) is 0 Å². The first-order valence-corrected chi connectivity index (χ1v) is 7.28. The Balaban J connectivity index is 1.62. The summed E-state index contributed by atoms with van der Waals surface area (Å²) in [7, 11) is 0. The van der Waals surface area contributed by atoms with E-state index in [4.69, 9.17) is 0 Å². The lowest BCUT2D eigenvalue weighted by molar-refractivity contribution is 0.687. The minimum Gasteiger partial charge on any atom is -0.268 e. The lowest BCUT2D eigenvalue weighted by Crippen LogP contribution is -1.99. The molecule has 6 nitrogen and oxygen atoms in total. The van der Waals surface area contributed by atoms with Crippen LogP contribution in [-0.2, 0) is 6.54 Å². The molecule has 0 aliphatic heterocycles. The number of pyridine rings is 1. The second kappa shape index (κ2) is 5.84. The van der Waals surface area contributed by atoms with E-state index in [9.17, 15) is 0 Å². The van der Waals surface area contributed by atoms with Crippen LogP contribution in [0.25, 0.3) is 22.8 Å². The summed E-state index contributed by atoms with van der Waals surface area (Å²) in [5, 5.41) is 11.5. The number of nitrogens with zero attached hydrogens (tertiary/aromatic N) is 5. The van der Waals surface area contributed by atoms with Crippen LogP contribution in [0.1, 0.15) is 5.56 Å². The number of hydrogen-bond acceptors (Lipinski definition) is 4. The second-order valence-electron chi connectivity index (χ2n) is 5.15. The summed E-state index contributed by atoms with van der Waals surface area (Å²) < 4.78 is 1.89. The minimum absolute atomic E-state index is 0.644. The van der Waals surface area contributed by atoms with Crippen LogP contribution in [0.15, 0.2) is 67.3 Å². The molecule has 0 amide bonds. The average molecular weight is 302 g/mol. The van der Waals surface area contributed by atoms with E-state index in [0.717, 1.165) is 29.1 Å². The Hall–Kier alpha value is -3.28. The third kappa shape index (κ3) is 2.87. The monoisotopic (exact) mass is 302 g/mol. The number of nitrogens with one attached hydrogen (secondary N) is 1. The normalized spacial score (nSPS) is 10.8. The molecule has 0 bridgehead atoms. The first-order valence-electron chi connectivity index (χ1n) is 7.28. The van der Waals surface area contributed by atoms with Gasteiger partial charge in [-0.1, -0.05) is 18.2 Å². The number of aromatic nitrogens is 6. The topological polar surface area (TPSA) is 72.3 Å². The van der Waals surface area contributed by atoms with E-state index >= 15 is 0 Å². The number of hydrogen-bond donors (Lipinski definition) is 1. The molecule has 6 heteroatoms. The third-order valence-electron chi connectivity index (χ3n) is 3.51. The van der Waals surface area contributed by atoms with Crippen LogP contribution in [-0.4, -0.2) is 29.9 Å². The number of rotatable bonds is 4. The van der Waals surface area contributed by atoms with Gasteiger partial charge in [0, 0.05) is 35.9 Å². The van der Waals surface area contributed by atoms with E-state index in [2.05, 4.69) is 37.4 Å². The Bertz CT molecular complexity index is 896. The van der Waals surface area contributed by atoms with Crippen LogP contribution in [0.3, 0.4) is 0 Å². The molecule has 3 aromatic heterocycles. The zero-order valence-electron chi connectivity index (χ0n) is 12.3. The molecule has 0 atom stereocenters. The molecule has 4 rings (SSSR count). The Labute approximate surface area is 132 Å². The number of benzene rings is 1. The molecule has 0 saturated carbocycles. The van der Waals surface area contributed by atoms with Crippen LogP contribution in [0.4, 0.5) is 0 Å². The molecule has 1 aromatic carbocycles. The Morgan fingerprint density at radius 1 is 1.00 bits per heavy atom. The average Bonchev–Trinajstić information content (AvgIpc) is 3.28. The van der Waals surface area contributed by atoms with Gasteiger partial charge in [-0.25, -0.2) is 4.98 Å². The van der Waals surface area contributed by atoms with E-state index in [0.29, 0.717) is 5.82 Å². The second-order valence-corrected chi connectivity index (χ2v) is 5.15. The van der Waals surface area contributed by atoms with Crippen molar-refractivity contribution in [1.29, 1.82) is 0 Å². The van der Waals surface area contributed by atoms with Crippen molar-refractivity contribution in [3.8, 4) is 22.8 Å². The van der Waals surface area contributed by atoms with E-state index in [1.54, 1.807) is 18.6 Å². The van der Waals surface area contributed by atoms with E-state index in [-0.39, 0.29) is 0 Å². The maximum atomic E-state index is 4.56. The standard InChI is InChI=1S/C17H14N6/c1-4-13(12-23-9-3-8-19-23)10-14(5-1)16-20-17(22-21-16)15-6-2-7-18-11-15/h1-11H,12H2,(H,20,21,22). The van der Waals surface area contributed by atoms with Crippen molar-refractivity contribution in [3.63, 3.8) is 0 Å². The van der Waals surface area contributed by atoms with Gasteiger partial charge in [0.05, 0.1) is 6.54 Å². The highest BCUT2D eigenvalue weighted by atomic mass is 15.3. The highest BCUT2D eigenvalue weighted by Crippen LogP contribution is 2.20. The SMILES string of the molecule is c1cncc(-c2n[nH]c(-c3cccc(Cn4cccn4)c3)n2)c1. The molecule has 0 aliphatic carbocycles. The fraction of sp³-hybridized carbons (Fsp3) is 0.0588. The van der Waals surface area contributed by atoms with Crippen molar-refractivity contribution in [2.24, 2.45) is 0 Å². The van der Waals surface area contributed by atoms with E-state index < -0.39 is 0 Å². The van der Waals surface area contributed by atoms with E-state index in [1.807, 2.05) is 41.2 Å². The Morgan fingerprint density at radius 2 is 1.96 bits per heavy atom. The van der Waals surface area contributed by atoms with Gasteiger partial charge in [0.15, 0.2) is 11.6 Å². The fourth-order valence-corrected chi connectivity index (χ4v) is 2.41. The van der Waals surface area contributed by atoms with Crippen LogP contribution >= 0.6 is 0 Å². The largest absolute Gasteiger partial charge is 0.268 e. The number of aromatic amines is 1. The molecule has 23 heavy (non-hydrogen) atoms. The predicted octanol–water partition coefficient (Wildman–Crippen LogP) is 2.78. The molecule has 0 unspecified atom stereocenters. The Kier molecular flexibility index (Phi) is 3.40. The number of H-pyrrole nitrogens is 1. The quantitative estimate of drug-likeness (QED) is 0.629. The Morgan fingerprint density at radius 3 is 2.78 bits per heavy atom. The lowest BCUT2D eigenvalue weighted by atomic mass is 10.1. The van der Waals surface area contributed by atoms with Crippen molar-refractivity contribution in [3.05, 3.63) is 72.8 Å². The van der Waals surface area contributed by atoms with Gasteiger partial charge in [-0.15, -0.1) is 0 Å². The molecule has 112 valence electrons. The molecular weight excluding hydrogens is 288 g/mol. The van der Waals surface area contributed by atoms with Gasteiger partial charge in [0.1, 0.15) is 0 Å². The molecular formula is C17H14N6. The van der Waals surface area contributed by atoms with Gasteiger partial charge in [-0.05, 0) is 29.8 Å². The molecule has 0 radical (unpaired) electrons. The summed E-state index contributed by atoms with van der Waals surface area (Å²) in [4.78, 5) is 8.66. The molecule has 0 saturated heterocycles. The van der Waals surface area contributed by atoms with Gasteiger partial charge in [0.25, 0.3) is 0 Å². The van der Waals surface area contributed by atoms with Gasteiger partial charge in [0.2, 0.25) is 0 Å². The minimum atomic E-state index is 0.644. The fourth-order valence-electron chi connectivity index (χ4n) is 2.41. The van der Waals surface area contributed by atoms with Crippen LogP contribution in [0.5, 0.6) is 0 Å². The van der Waals surface area contributed by atoms with Crippen molar-refractivity contribution in [2.45, 2.75) is 6.54 Å². The summed E-state index contributed by atoms with van der Waals surface area (Å²) in [6.07, 6.45) is 7.21. The van der Waals surface area contributed by atoms with Crippen molar-refractivity contribution in [2.75, 3.05) is 0 Å². The molecule has 0 aliphatic rings. The van der Waals surface area contributed by atoms with Crippen LogP contribution < -0.4 is 0 Å². The van der Waals surface area contributed by atoms with Crippen LogP contribution in [0, 0.1) is 0 Å². The van der Waals surface area contributed by atoms with Gasteiger partial charge >= 0.3 is 0 Å².